The first-order valence-electron chi connectivity index (χ1n) is 4.10. The van der Waals surface area contributed by atoms with Crippen LogP contribution < -0.4 is 5.56 Å². The van der Waals surface area contributed by atoms with Crippen LogP contribution in [0.15, 0.2) is 9.27 Å². The fourth-order valence-electron chi connectivity index (χ4n) is 0.806. The Balaban J connectivity index is 2.85. The van der Waals surface area contributed by atoms with E-state index in [9.17, 15) is 9.90 Å². The molecule has 0 amide bonds. The molecule has 0 aromatic carbocycles. The van der Waals surface area contributed by atoms with E-state index in [1.165, 1.54) is 0 Å². The van der Waals surface area contributed by atoms with Gasteiger partial charge in [0.2, 0.25) is 5.88 Å². The highest BCUT2D eigenvalue weighted by molar-refractivity contribution is 9.10. The van der Waals surface area contributed by atoms with E-state index in [-0.39, 0.29) is 15.9 Å². The van der Waals surface area contributed by atoms with Crippen LogP contribution in [0.3, 0.4) is 0 Å². The number of halogens is 1. The van der Waals surface area contributed by atoms with Crippen LogP contribution in [0.4, 0.5) is 0 Å². The lowest BCUT2D eigenvalue weighted by atomic mass is 10.5. The van der Waals surface area contributed by atoms with Crippen molar-refractivity contribution in [2.75, 3.05) is 0 Å². The average Bonchev–Trinajstić information content (AvgIpc) is 2.10. The van der Waals surface area contributed by atoms with Crippen molar-refractivity contribution in [2.24, 2.45) is 0 Å². The van der Waals surface area contributed by atoms with Crippen LogP contribution in [0, 0.1) is 0 Å². The van der Waals surface area contributed by atoms with Gasteiger partial charge in [-0.15, -0.1) is 0 Å². The van der Waals surface area contributed by atoms with Crippen molar-refractivity contribution in [1.29, 1.82) is 0 Å². The van der Waals surface area contributed by atoms with Crippen molar-refractivity contribution in [3.05, 3.63) is 20.7 Å². The molecule has 1 rings (SSSR count). The van der Waals surface area contributed by atoms with E-state index >= 15 is 0 Å². The minimum atomic E-state index is -0.350. The molecule has 0 aliphatic rings. The molecule has 0 fully saturated rings. The molecule has 0 saturated carbocycles. The third kappa shape index (κ3) is 3.02. The molecule has 4 nitrogen and oxygen atoms in total. The van der Waals surface area contributed by atoms with Crippen molar-refractivity contribution in [2.45, 2.75) is 24.9 Å². The highest BCUT2D eigenvalue weighted by atomic mass is 79.9. The van der Waals surface area contributed by atoms with Crippen LogP contribution in [0.1, 0.15) is 19.7 Å². The molecule has 6 heteroatoms. The summed E-state index contributed by atoms with van der Waals surface area (Å²) in [6.07, 6.45) is 0. The maximum Gasteiger partial charge on any atom is 0.269 e. The van der Waals surface area contributed by atoms with Crippen molar-refractivity contribution in [3.8, 4) is 5.88 Å². The lowest BCUT2D eigenvalue weighted by molar-refractivity contribution is 0.444. The van der Waals surface area contributed by atoms with Gasteiger partial charge in [-0.05, 0) is 21.2 Å². The third-order valence-corrected chi connectivity index (χ3v) is 3.27. The zero-order valence-corrected chi connectivity index (χ0v) is 10.3. The molecule has 1 aromatic rings. The van der Waals surface area contributed by atoms with Gasteiger partial charge in [0.25, 0.3) is 5.56 Å². The first kappa shape index (κ1) is 11.6. The molecular formula is C8H11BrN2O2S. The summed E-state index contributed by atoms with van der Waals surface area (Å²) in [4.78, 5) is 17.6. The predicted octanol–water partition coefficient (Wildman–Crippen LogP) is 1.88. The second-order valence-electron chi connectivity index (χ2n) is 3.01. The molecule has 0 unspecified atom stereocenters. The van der Waals surface area contributed by atoms with Crippen LogP contribution in [0.2, 0.25) is 0 Å². The van der Waals surface area contributed by atoms with E-state index in [1.54, 1.807) is 11.8 Å². The topological polar surface area (TPSA) is 66.0 Å². The Morgan fingerprint density at radius 1 is 1.64 bits per heavy atom. The Hall–Kier alpha value is -0.490. The summed E-state index contributed by atoms with van der Waals surface area (Å²) >= 11 is 4.58. The van der Waals surface area contributed by atoms with Crippen LogP contribution in [-0.2, 0) is 5.75 Å². The van der Waals surface area contributed by atoms with Crippen LogP contribution in [0.5, 0.6) is 5.88 Å². The molecule has 1 heterocycles. The molecule has 0 atom stereocenters. The number of H-pyrrole nitrogens is 1. The average molecular weight is 279 g/mol. The van der Waals surface area contributed by atoms with Gasteiger partial charge in [0, 0.05) is 0 Å². The van der Waals surface area contributed by atoms with E-state index in [1.807, 2.05) is 0 Å². The van der Waals surface area contributed by atoms with Crippen LogP contribution in [-0.4, -0.2) is 20.3 Å². The van der Waals surface area contributed by atoms with Crippen LogP contribution in [0.25, 0.3) is 0 Å². The number of hydrogen-bond donors (Lipinski definition) is 2. The minimum Gasteiger partial charge on any atom is -0.492 e. The molecule has 1 aromatic heterocycles. The largest absolute Gasteiger partial charge is 0.492 e. The summed E-state index contributed by atoms with van der Waals surface area (Å²) in [5.74, 6) is 0.829. The molecule has 2 N–H and O–H groups in total. The normalized spacial score (nSPS) is 10.9. The second-order valence-corrected chi connectivity index (χ2v) is 5.37. The second kappa shape index (κ2) is 4.84. The Bertz CT molecular complexity index is 378. The standard InChI is InChI=1S/C8H11BrN2O2S/c1-4(2)14-3-5-10-7(12)6(9)8(13)11-5/h4H,3H2,1-2H3,(H2,10,11,12,13). The van der Waals surface area contributed by atoms with E-state index in [4.69, 9.17) is 0 Å². The fraction of sp³-hybridized carbons (Fsp3) is 0.500. The number of hydrogen-bond acceptors (Lipinski definition) is 4. The van der Waals surface area contributed by atoms with E-state index in [0.29, 0.717) is 16.8 Å². The van der Waals surface area contributed by atoms with Gasteiger partial charge in [-0.2, -0.15) is 16.7 Å². The summed E-state index contributed by atoms with van der Waals surface area (Å²) in [6, 6.07) is 0. The van der Waals surface area contributed by atoms with Gasteiger partial charge in [0.05, 0.1) is 5.75 Å². The smallest absolute Gasteiger partial charge is 0.269 e. The fourth-order valence-corrected chi connectivity index (χ4v) is 1.62. The third-order valence-electron chi connectivity index (χ3n) is 1.45. The minimum absolute atomic E-state index is 0.0794. The summed E-state index contributed by atoms with van der Waals surface area (Å²) in [6.45, 7) is 4.11. The molecule has 0 spiro atoms. The van der Waals surface area contributed by atoms with Gasteiger partial charge < -0.3 is 10.1 Å². The monoisotopic (exact) mass is 278 g/mol. The molecule has 0 radical (unpaired) electrons. The van der Waals surface area contributed by atoms with Crippen LogP contribution >= 0.6 is 27.7 Å². The number of nitrogens with one attached hydrogen (secondary N) is 1. The Morgan fingerprint density at radius 3 is 2.79 bits per heavy atom. The number of rotatable bonds is 3. The van der Waals surface area contributed by atoms with E-state index in [2.05, 4.69) is 39.7 Å². The Kier molecular flexibility index (Phi) is 4.00. The van der Waals surface area contributed by atoms with Gasteiger partial charge in [0.1, 0.15) is 10.3 Å². The first-order valence-corrected chi connectivity index (χ1v) is 5.94. The number of aromatic nitrogens is 2. The van der Waals surface area contributed by atoms with Gasteiger partial charge in [-0.25, -0.2) is 0 Å². The molecule has 0 saturated heterocycles. The van der Waals surface area contributed by atoms with Crippen molar-refractivity contribution >= 4 is 27.7 Å². The highest BCUT2D eigenvalue weighted by Gasteiger charge is 2.07. The number of aromatic amines is 1. The number of nitrogens with zero attached hydrogens (tertiary/aromatic N) is 1. The lowest BCUT2D eigenvalue weighted by Gasteiger charge is -2.04. The quantitative estimate of drug-likeness (QED) is 0.886. The maximum atomic E-state index is 11.2. The molecule has 0 aliphatic heterocycles. The Morgan fingerprint density at radius 2 is 2.29 bits per heavy atom. The summed E-state index contributed by atoms with van der Waals surface area (Å²) in [7, 11) is 0. The molecule has 14 heavy (non-hydrogen) atoms. The Labute approximate surface area is 94.3 Å². The summed E-state index contributed by atoms with van der Waals surface area (Å²) < 4.78 is 0.0794. The number of aromatic hydroxyl groups is 1. The zero-order valence-electron chi connectivity index (χ0n) is 7.87. The van der Waals surface area contributed by atoms with Crippen molar-refractivity contribution < 1.29 is 5.11 Å². The number of thioether (sulfide) groups is 1. The van der Waals surface area contributed by atoms with Gasteiger partial charge in [-0.1, -0.05) is 13.8 Å². The van der Waals surface area contributed by atoms with E-state index in [0.717, 1.165) is 0 Å². The highest BCUT2D eigenvalue weighted by Crippen LogP contribution is 2.18. The molecule has 0 bridgehead atoms. The van der Waals surface area contributed by atoms with Gasteiger partial charge in [-0.3, -0.25) is 4.79 Å². The van der Waals surface area contributed by atoms with Gasteiger partial charge >= 0.3 is 0 Å². The summed E-state index contributed by atoms with van der Waals surface area (Å²) in [5, 5.41) is 9.72. The van der Waals surface area contributed by atoms with Gasteiger partial charge in [0.15, 0.2) is 0 Å². The zero-order chi connectivity index (χ0) is 10.7. The SMILES string of the molecule is CC(C)SCc1nc(O)c(Br)c(=O)[nH]1. The molecular weight excluding hydrogens is 268 g/mol. The molecule has 78 valence electrons. The summed E-state index contributed by atoms with van der Waals surface area (Å²) in [5.41, 5.74) is -0.350. The molecule has 0 aliphatic carbocycles. The first-order chi connectivity index (χ1) is 6.50. The van der Waals surface area contributed by atoms with Crippen molar-refractivity contribution in [3.63, 3.8) is 0 Å². The maximum absolute atomic E-state index is 11.2. The van der Waals surface area contributed by atoms with Crippen molar-refractivity contribution in [1.82, 2.24) is 9.97 Å². The lowest BCUT2D eigenvalue weighted by Crippen LogP contribution is -2.11. The van der Waals surface area contributed by atoms with E-state index < -0.39 is 0 Å². The predicted molar refractivity (Wildman–Crippen MR) is 60.7 cm³/mol.